The van der Waals surface area contributed by atoms with Gasteiger partial charge >= 0.3 is 0 Å². The van der Waals surface area contributed by atoms with Gasteiger partial charge in [-0.15, -0.1) is 0 Å². The minimum atomic E-state index is -3.96. The first-order valence-electron chi connectivity index (χ1n) is 5.47. The molecule has 0 amide bonds. The summed E-state index contributed by atoms with van der Waals surface area (Å²) < 4.78 is 26.8. The van der Waals surface area contributed by atoms with Crippen LogP contribution in [0.15, 0.2) is 23.4 Å². The normalized spacial score (nSPS) is 11.4. The Morgan fingerprint density at radius 1 is 1.19 bits per heavy atom. The SMILES string of the molecule is Cc1c(N)cc(S(=O)(=O)Nc2ncnc(Cl)c2Cl)cc1Cl. The van der Waals surface area contributed by atoms with Crippen LogP contribution in [-0.4, -0.2) is 18.4 Å². The van der Waals surface area contributed by atoms with Gasteiger partial charge in [0.25, 0.3) is 10.0 Å². The maximum absolute atomic E-state index is 12.3. The number of nitrogen functional groups attached to an aromatic ring is 1. The highest BCUT2D eigenvalue weighted by atomic mass is 35.5. The molecule has 1 heterocycles. The molecule has 0 fully saturated rings. The molecule has 0 spiro atoms. The van der Waals surface area contributed by atoms with Crippen LogP contribution in [0.4, 0.5) is 11.5 Å². The van der Waals surface area contributed by atoms with Crippen molar-refractivity contribution in [3.05, 3.63) is 39.2 Å². The summed E-state index contributed by atoms with van der Waals surface area (Å²) in [5.41, 5.74) is 6.57. The molecule has 0 bridgehead atoms. The van der Waals surface area contributed by atoms with Gasteiger partial charge in [0.1, 0.15) is 11.3 Å². The molecular formula is C11H9Cl3N4O2S. The van der Waals surface area contributed by atoms with Crippen LogP contribution in [0.5, 0.6) is 0 Å². The van der Waals surface area contributed by atoms with Gasteiger partial charge in [-0.25, -0.2) is 18.4 Å². The number of anilines is 2. The van der Waals surface area contributed by atoms with E-state index < -0.39 is 10.0 Å². The lowest BCUT2D eigenvalue weighted by Gasteiger charge is -2.11. The van der Waals surface area contributed by atoms with Crippen molar-refractivity contribution in [1.82, 2.24) is 9.97 Å². The predicted octanol–water partition coefficient (Wildman–Crippen LogP) is 3.13. The molecule has 0 unspecified atom stereocenters. The molecule has 21 heavy (non-hydrogen) atoms. The van der Waals surface area contributed by atoms with Crippen molar-refractivity contribution in [2.24, 2.45) is 0 Å². The molecular weight excluding hydrogens is 359 g/mol. The smallest absolute Gasteiger partial charge is 0.263 e. The van der Waals surface area contributed by atoms with Crippen molar-refractivity contribution in [2.75, 3.05) is 10.5 Å². The number of aromatic nitrogens is 2. The van der Waals surface area contributed by atoms with Crippen molar-refractivity contribution in [3.8, 4) is 0 Å². The lowest BCUT2D eigenvalue weighted by molar-refractivity contribution is 0.601. The summed E-state index contributed by atoms with van der Waals surface area (Å²) in [6.45, 7) is 1.68. The number of rotatable bonds is 3. The van der Waals surface area contributed by atoms with E-state index in [4.69, 9.17) is 40.5 Å². The fourth-order valence-electron chi connectivity index (χ4n) is 1.44. The molecule has 112 valence electrons. The predicted molar refractivity (Wildman–Crippen MR) is 83.5 cm³/mol. The zero-order valence-corrected chi connectivity index (χ0v) is 13.6. The van der Waals surface area contributed by atoms with Crippen LogP contribution in [0.2, 0.25) is 15.2 Å². The summed E-state index contributed by atoms with van der Waals surface area (Å²) in [5, 5.41) is 0.0712. The second-order valence-corrected chi connectivity index (χ2v) is 6.88. The summed E-state index contributed by atoms with van der Waals surface area (Å²) in [6, 6.07) is 2.58. The molecule has 6 nitrogen and oxygen atoms in total. The van der Waals surface area contributed by atoms with Crippen molar-refractivity contribution >= 4 is 56.3 Å². The maximum atomic E-state index is 12.3. The fourth-order valence-corrected chi connectivity index (χ4v) is 3.14. The Hall–Kier alpha value is -1.28. The van der Waals surface area contributed by atoms with E-state index in [1.807, 2.05) is 0 Å². The zero-order chi connectivity index (χ0) is 15.8. The van der Waals surface area contributed by atoms with Gasteiger partial charge in [-0.2, -0.15) is 0 Å². The Morgan fingerprint density at radius 2 is 1.86 bits per heavy atom. The van der Waals surface area contributed by atoms with E-state index in [0.29, 0.717) is 5.56 Å². The molecule has 0 aliphatic heterocycles. The molecule has 3 N–H and O–H groups in total. The molecule has 1 aromatic heterocycles. The Balaban J connectivity index is 2.46. The second kappa shape index (κ2) is 5.84. The van der Waals surface area contributed by atoms with E-state index in [0.717, 1.165) is 6.33 Å². The first kappa shape index (κ1) is 16.1. The average Bonchev–Trinajstić information content (AvgIpc) is 2.40. The minimum Gasteiger partial charge on any atom is -0.398 e. The lowest BCUT2D eigenvalue weighted by atomic mass is 10.2. The fraction of sp³-hybridized carbons (Fsp3) is 0.0909. The van der Waals surface area contributed by atoms with E-state index in [-0.39, 0.29) is 31.6 Å². The topological polar surface area (TPSA) is 98.0 Å². The molecule has 2 aromatic rings. The minimum absolute atomic E-state index is 0.0641. The van der Waals surface area contributed by atoms with Gasteiger partial charge in [0.2, 0.25) is 0 Å². The molecule has 10 heteroatoms. The molecule has 0 saturated carbocycles. The number of nitrogens with two attached hydrogens (primary N) is 1. The largest absolute Gasteiger partial charge is 0.398 e. The third-order valence-electron chi connectivity index (χ3n) is 2.65. The maximum Gasteiger partial charge on any atom is 0.263 e. The van der Waals surface area contributed by atoms with Crippen LogP contribution in [0.1, 0.15) is 5.56 Å². The van der Waals surface area contributed by atoms with Crippen LogP contribution in [0.3, 0.4) is 0 Å². The number of nitrogens with zero attached hydrogens (tertiary/aromatic N) is 2. The zero-order valence-electron chi connectivity index (χ0n) is 10.6. The number of sulfonamides is 1. The Bertz CT molecular complexity index is 788. The Morgan fingerprint density at radius 3 is 2.48 bits per heavy atom. The first-order chi connectivity index (χ1) is 9.72. The van der Waals surface area contributed by atoms with Crippen LogP contribution in [-0.2, 0) is 10.0 Å². The lowest BCUT2D eigenvalue weighted by Crippen LogP contribution is -2.15. The number of halogens is 3. The van der Waals surface area contributed by atoms with Crippen molar-refractivity contribution in [2.45, 2.75) is 11.8 Å². The van der Waals surface area contributed by atoms with Gasteiger partial charge in [-0.05, 0) is 24.6 Å². The highest BCUT2D eigenvalue weighted by Crippen LogP contribution is 2.30. The van der Waals surface area contributed by atoms with Crippen LogP contribution in [0.25, 0.3) is 0 Å². The van der Waals surface area contributed by atoms with Gasteiger partial charge in [0, 0.05) is 10.7 Å². The van der Waals surface area contributed by atoms with Gasteiger partial charge in [0.05, 0.1) is 4.90 Å². The molecule has 0 aliphatic rings. The van der Waals surface area contributed by atoms with Gasteiger partial charge in [-0.3, -0.25) is 4.72 Å². The van der Waals surface area contributed by atoms with Crippen molar-refractivity contribution in [1.29, 1.82) is 0 Å². The quantitative estimate of drug-likeness (QED) is 0.641. The van der Waals surface area contributed by atoms with Crippen LogP contribution >= 0.6 is 34.8 Å². The number of hydrogen-bond donors (Lipinski definition) is 2. The number of nitrogens with one attached hydrogen (secondary N) is 1. The highest BCUT2D eigenvalue weighted by Gasteiger charge is 2.20. The van der Waals surface area contributed by atoms with E-state index in [1.54, 1.807) is 6.92 Å². The first-order valence-corrected chi connectivity index (χ1v) is 8.08. The van der Waals surface area contributed by atoms with Crippen LogP contribution < -0.4 is 10.5 Å². The average molecular weight is 368 g/mol. The third-order valence-corrected chi connectivity index (χ3v) is 5.10. The Labute approximate surface area is 136 Å². The van der Waals surface area contributed by atoms with Crippen molar-refractivity contribution < 1.29 is 8.42 Å². The standard InChI is InChI=1S/C11H9Cl3N4O2S/c1-5-7(12)2-6(3-8(5)15)21(19,20)18-11-9(13)10(14)16-4-17-11/h2-4H,15H2,1H3,(H,16,17,18). The molecule has 0 atom stereocenters. The summed E-state index contributed by atoms with van der Waals surface area (Å²) in [5.74, 6) is -0.132. The van der Waals surface area contributed by atoms with Gasteiger partial charge < -0.3 is 5.73 Å². The summed E-state index contributed by atoms with van der Waals surface area (Å²) in [7, 11) is -3.96. The highest BCUT2D eigenvalue weighted by molar-refractivity contribution is 7.92. The Kier molecular flexibility index (Phi) is 4.48. The van der Waals surface area contributed by atoms with Gasteiger partial charge in [0.15, 0.2) is 11.0 Å². The van der Waals surface area contributed by atoms with E-state index >= 15 is 0 Å². The van der Waals surface area contributed by atoms with Gasteiger partial charge in [-0.1, -0.05) is 34.8 Å². The monoisotopic (exact) mass is 366 g/mol. The molecule has 0 radical (unpaired) electrons. The third kappa shape index (κ3) is 3.32. The summed E-state index contributed by atoms with van der Waals surface area (Å²) in [4.78, 5) is 7.25. The molecule has 0 saturated heterocycles. The van der Waals surface area contributed by atoms with Crippen LogP contribution in [0, 0.1) is 6.92 Å². The summed E-state index contributed by atoms with van der Waals surface area (Å²) >= 11 is 17.5. The molecule has 1 aromatic carbocycles. The molecule has 2 rings (SSSR count). The van der Waals surface area contributed by atoms with E-state index in [1.165, 1.54) is 12.1 Å². The number of benzene rings is 1. The van der Waals surface area contributed by atoms with Crippen molar-refractivity contribution in [3.63, 3.8) is 0 Å². The summed E-state index contributed by atoms with van der Waals surface area (Å²) in [6.07, 6.45) is 1.09. The second-order valence-electron chi connectivity index (χ2n) is 4.05. The number of hydrogen-bond acceptors (Lipinski definition) is 5. The molecule has 0 aliphatic carbocycles. The van der Waals surface area contributed by atoms with E-state index in [2.05, 4.69) is 14.7 Å². The van der Waals surface area contributed by atoms with E-state index in [9.17, 15) is 8.42 Å².